The summed E-state index contributed by atoms with van der Waals surface area (Å²) in [6.45, 7) is 3.77. The maximum atomic E-state index is 13.3. The number of nitrogens with zero attached hydrogens (tertiary/aromatic N) is 4. The second kappa shape index (κ2) is 8.68. The molecule has 1 aliphatic rings. The van der Waals surface area contributed by atoms with Crippen LogP contribution in [0.1, 0.15) is 31.0 Å². The van der Waals surface area contributed by atoms with Crippen molar-refractivity contribution in [3.05, 3.63) is 84.1 Å². The van der Waals surface area contributed by atoms with Crippen LogP contribution in [0.2, 0.25) is 0 Å². The molecule has 1 aliphatic carbocycles. The highest BCUT2D eigenvalue weighted by molar-refractivity contribution is 5.78. The molecule has 7 nitrogen and oxygen atoms in total. The van der Waals surface area contributed by atoms with Gasteiger partial charge in [-0.15, -0.1) is 0 Å². The van der Waals surface area contributed by atoms with E-state index < -0.39 is 35.0 Å². The Morgan fingerprint density at radius 3 is 2.46 bits per heavy atom. The molecule has 11 heteroatoms. The van der Waals surface area contributed by atoms with Gasteiger partial charge in [0.2, 0.25) is 5.95 Å². The van der Waals surface area contributed by atoms with Gasteiger partial charge in [0.15, 0.2) is 11.5 Å². The number of alkyl halides is 3. The maximum Gasteiger partial charge on any atom is 0.435 e. The number of carbonyl (C=O) groups is 1. The maximum absolute atomic E-state index is 13.3. The molecule has 2 aromatic carbocycles. The summed E-state index contributed by atoms with van der Waals surface area (Å²) in [4.78, 5) is 20.4. The zero-order valence-corrected chi connectivity index (χ0v) is 19.7. The molecule has 5 rings (SSSR count). The molecule has 0 amide bonds. The standard InChI is InChI=1S/C26H21F4N5O2/c1-25(2)20(21(25)23(36)37)15-5-3-4-14(12-15)18-13-31-24(32-17-8-6-16(27)7-9-17)33-22(18)35-11-10-19(34-35)26(28,29)30/h3-13,20-21H,1-2H3,(H,36,37)(H,31,32,33). The summed E-state index contributed by atoms with van der Waals surface area (Å²) in [5, 5.41) is 16.2. The SMILES string of the molecule is CC1(C)C(C(=O)O)C1c1cccc(-c2cnc(Nc3ccc(F)cc3)nc2-n2ccc(C(F)(F)F)n2)c1. The molecule has 0 bridgehead atoms. The summed E-state index contributed by atoms with van der Waals surface area (Å²) in [5.74, 6) is -1.91. The Morgan fingerprint density at radius 1 is 1.11 bits per heavy atom. The Labute approximate surface area is 208 Å². The number of aliphatic carboxylic acids is 1. The number of carboxylic acid groups (broad SMARTS) is 1. The fraction of sp³-hybridized carbons (Fsp3) is 0.231. The van der Waals surface area contributed by atoms with Crippen molar-refractivity contribution in [2.75, 3.05) is 5.32 Å². The van der Waals surface area contributed by atoms with E-state index in [9.17, 15) is 27.5 Å². The molecule has 1 fully saturated rings. The van der Waals surface area contributed by atoms with Crippen molar-refractivity contribution in [2.24, 2.45) is 11.3 Å². The number of nitrogens with one attached hydrogen (secondary N) is 1. The zero-order chi connectivity index (χ0) is 26.5. The zero-order valence-electron chi connectivity index (χ0n) is 19.7. The molecule has 0 saturated heterocycles. The number of benzene rings is 2. The highest BCUT2D eigenvalue weighted by Gasteiger charge is 2.62. The topological polar surface area (TPSA) is 92.9 Å². The second-order valence-corrected chi connectivity index (χ2v) is 9.45. The summed E-state index contributed by atoms with van der Waals surface area (Å²) in [7, 11) is 0. The van der Waals surface area contributed by atoms with Crippen molar-refractivity contribution >= 4 is 17.6 Å². The lowest BCUT2D eigenvalue weighted by atomic mass is 9.99. The summed E-state index contributed by atoms with van der Waals surface area (Å²) < 4.78 is 54.1. The van der Waals surface area contributed by atoms with Gasteiger partial charge < -0.3 is 10.4 Å². The van der Waals surface area contributed by atoms with Gasteiger partial charge in [0.1, 0.15) is 5.82 Å². The lowest BCUT2D eigenvalue weighted by Crippen LogP contribution is -2.10. The molecule has 2 aromatic heterocycles. The first-order valence-corrected chi connectivity index (χ1v) is 11.3. The Morgan fingerprint density at radius 2 is 1.84 bits per heavy atom. The fourth-order valence-electron chi connectivity index (χ4n) is 4.69. The van der Waals surface area contributed by atoms with E-state index in [1.165, 1.54) is 30.5 Å². The predicted molar refractivity (Wildman–Crippen MR) is 127 cm³/mol. The highest BCUT2D eigenvalue weighted by Crippen LogP contribution is 2.64. The van der Waals surface area contributed by atoms with Crippen molar-refractivity contribution < 1.29 is 27.5 Å². The third-order valence-electron chi connectivity index (χ3n) is 6.62. The van der Waals surface area contributed by atoms with Gasteiger partial charge in [-0.3, -0.25) is 4.79 Å². The Balaban J connectivity index is 1.58. The molecule has 0 radical (unpaired) electrons. The van der Waals surface area contributed by atoms with Crippen LogP contribution >= 0.6 is 0 Å². The molecule has 2 unspecified atom stereocenters. The highest BCUT2D eigenvalue weighted by atomic mass is 19.4. The smallest absolute Gasteiger partial charge is 0.435 e. The molecule has 2 heterocycles. The van der Waals surface area contributed by atoms with Crippen LogP contribution in [-0.2, 0) is 11.0 Å². The van der Waals surface area contributed by atoms with Gasteiger partial charge in [0.25, 0.3) is 0 Å². The minimum Gasteiger partial charge on any atom is -0.481 e. The van der Waals surface area contributed by atoms with Gasteiger partial charge in [-0.2, -0.15) is 23.3 Å². The largest absolute Gasteiger partial charge is 0.481 e. The predicted octanol–water partition coefficient (Wildman–Crippen LogP) is 6.06. The van der Waals surface area contributed by atoms with Gasteiger partial charge in [0, 0.05) is 29.6 Å². The van der Waals surface area contributed by atoms with Crippen LogP contribution in [-0.4, -0.2) is 30.8 Å². The van der Waals surface area contributed by atoms with Crippen LogP contribution < -0.4 is 5.32 Å². The van der Waals surface area contributed by atoms with Crippen LogP contribution in [0.5, 0.6) is 0 Å². The molecule has 2 N–H and O–H groups in total. The van der Waals surface area contributed by atoms with Gasteiger partial charge in [-0.25, -0.2) is 14.1 Å². The van der Waals surface area contributed by atoms with E-state index in [4.69, 9.17) is 0 Å². The summed E-state index contributed by atoms with van der Waals surface area (Å²) >= 11 is 0. The molecule has 0 spiro atoms. The third-order valence-corrected chi connectivity index (χ3v) is 6.62. The number of rotatable bonds is 6. The van der Waals surface area contributed by atoms with E-state index in [-0.39, 0.29) is 17.7 Å². The van der Waals surface area contributed by atoms with Gasteiger partial charge in [-0.05, 0) is 46.9 Å². The van der Waals surface area contributed by atoms with Crippen molar-refractivity contribution in [1.29, 1.82) is 0 Å². The molecule has 2 atom stereocenters. The minimum absolute atomic E-state index is 0.0693. The Hall–Kier alpha value is -4.28. The lowest BCUT2D eigenvalue weighted by molar-refractivity contribution is -0.141. The van der Waals surface area contributed by atoms with E-state index in [0.717, 1.165) is 22.5 Å². The number of hydrogen-bond acceptors (Lipinski definition) is 5. The summed E-state index contributed by atoms with van der Waals surface area (Å²) in [6, 6.07) is 13.4. The Bertz CT molecular complexity index is 1480. The average Bonchev–Trinajstić information content (AvgIpc) is 3.16. The van der Waals surface area contributed by atoms with Crippen molar-refractivity contribution in [2.45, 2.75) is 25.9 Å². The van der Waals surface area contributed by atoms with Crippen molar-refractivity contribution in [1.82, 2.24) is 19.7 Å². The molecule has 37 heavy (non-hydrogen) atoms. The molecular weight excluding hydrogens is 490 g/mol. The molecule has 190 valence electrons. The van der Waals surface area contributed by atoms with Crippen LogP contribution in [0.4, 0.5) is 29.2 Å². The molecule has 4 aromatic rings. The van der Waals surface area contributed by atoms with E-state index >= 15 is 0 Å². The number of hydrogen-bond donors (Lipinski definition) is 2. The van der Waals surface area contributed by atoms with Crippen LogP contribution in [0.3, 0.4) is 0 Å². The van der Waals surface area contributed by atoms with Crippen LogP contribution in [0.15, 0.2) is 67.0 Å². The molecular formula is C26H21F4N5O2. The number of halogens is 4. The molecule has 1 saturated carbocycles. The first-order chi connectivity index (χ1) is 17.4. The average molecular weight is 511 g/mol. The molecule has 0 aliphatic heterocycles. The van der Waals surface area contributed by atoms with E-state index in [2.05, 4.69) is 20.4 Å². The second-order valence-electron chi connectivity index (χ2n) is 9.45. The minimum atomic E-state index is -4.64. The van der Waals surface area contributed by atoms with Crippen LogP contribution in [0.25, 0.3) is 16.9 Å². The number of aromatic nitrogens is 4. The van der Waals surface area contributed by atoms with E-state index in [1.807, 2.05) is 19.9 Å². The van der Waals surface area contributed by atoms with Crippen molar-refractivity contribution in [3.63, 3.8) is 0 Å². The fourth-order valence-corrected chi connectivity index (χ4v) is 4.69. The van der Waals surface area contributed by atoms with E-state index in [0.29, 0.717) is 16.8 Å². The van der Waals surface area contributed by atoms with Crippen LogP contribution in [0, 0.1) is 17.2 Å². The third kappa shape index (κ3) is 4.64. The first kappa shape index (κ1) is 24.4. The lowest BCUT2D eigenvalue weighted by Gasteiger charge is -2.13. The van der Waals surface area contributed by atoms with E-state index in [1.54, 1.807) is 18.2 Å². The quantitative estimate of drug-likeness (QED) is 0.306. The Kier molecular flexibility index (Phi) is 5.73. The van der Waals surface area contributed by atoms with Gasteiger partial charge >= 0.3 is 12.1 Å². The summed E-state index contributed by atoms with van der Waals surface area (Å²) in [5.41, 5.74) is 0.754. The van der Waals surface area contributed by atoms with Crippen molar-refractivity contribution in [3.8, 4) is 16.9 Å². The number of anilines is 2. The number of carboxylic acids is 1. The normalized spacial score (nSPS) is 18.4. The van der Waals surface area contributed by atoms with Gasteiger partial charge in [0.05, 0.1) is 5.92 Å². The summed E-state index contributed by atoms with van der Waals surface area (Å²) in [6.07, 6.45) is -2.03. The monoisotopic (exact) mass is 511 g/mol. The first-order valence-electron chi connectivity index (χ1n) is 11.3. The van der Waals surface area contributed by atoms with Gasteiger partial charge in [-0.1, -0.05) is 38.1 Å².